The predicted octanol–water partition coefficient (Wildman–Crippen LogP) is 4.22. The molecular weight excluding hydrogens is 497 g/mol. The lowest BCUT2D eigenvalue weighted by molar-refractivity contribution is -0.122. The van der Waals surface area contributed by atoms with Crippen molar-refractivity contribution in [3.05, 3.63) is 63.7 Å². The number of aromatic nitrogens is 2. The number of thiophene rings is 1. The number of thioether (sulfide) groups is 1. The second-order valence-corrected chi connectivity index (χ2v) is 12.1. The third-order valence-electron chi connectivity index (χ3n) is 5.84. The highest BCUT2D eigenvalue weighted by Gasteiger charge is 2.40. The molecule has 0 fully saturated rings. The Kier molecular flexibility index (Phi) is 7.87. The van der Waals surface area contributed by atoms with Gasteiger partial charge in [0.2, 0.25) is 11.8 Å². The van der Waals surface area contributed by atoms with Gasteiger partial charge in [-0.15, -0.1) is 23.1 Å². The van der Waals surface area contributed by atoms with Gasteiger partial charge in [0.1, 0.15) is 18.2 Å². The average molecular weight is 530 g/mol. The fourth-order valence-corrected chi connectivity index (χ4v) is 6.32. The van der Waals surface area contributed by atoms with Gasteiger partial charge in [0, 0.05) is 28.9 Å². The molecule has 3 aromatic rings. The van der Waals surface area contributed by atoms with E-state index in [1.54, 1.807) is 39.9 Å². The number of carbonyl (C=O) groups is 2. The minimum atomic E-state index is -0.397. The number of amides is 2. The summed E-state index contributed by atoms with van der Waals surface area (Å²) in [5.41, 5.74) is 1.86. The molecule has 0 radical (unpaired) electrons. The Morgan fingerprint density at radius 2 is 2.03 bits per heavy atom. The Balaban J connectivity index is 1.89. The van der Waals surface area contributed by atoms with Crippen LogP contribution in [0.4, 0.5) is 10.2 Å². The molecule has 1 N–H and O–H groups in total. The highest BCUT2D eigenvalue weighted by Crippen LogP contribution is 2.49. The van der Waals surface area contributed by atoms with E-state index in [-0.39, 0.29) is 34.8 Å². The number of hydrogen-bond acceptors (Lipinski definition) is 6. The van der Waals surface area contributed by atoms with Crippen LogP contribution in [0.25, 0.3) is 5.69 Å². The van der Waals surface area contributed by atoms with E-state index in [2.05, 4.69) is 32.2 Å². The van der Waals surface area contributed by atoms with Crippen molar-refractivity contribution in [3.63, 3.8) is 0 Å². The van der Waals surface area contributed by atoms with Crippen molar-refractivity contribution in [2.45, 2.75) is 31.4 Å². The number of halogens is 1. The number of likely N-dealkylation sites (N-methyl/N-ethyl adjacent to an activating group) is 1. The van der Waals surface area contributed by atoms with Crippen LogP contribution in [0.5, 0.6) is 0 Å². The van der Waals surface area contributed by atoms with Crippen LogP contribution in [-0.2, 0) is 15.0 Å². The lowest BCUT2D eigenvalue weighted by atomic mass is 9.88. The lowest BCUT2D eigenvalue weighted by Gasteiger charge is -2.24. The first-order chi connectivity index (χ1) is 17.1. The van der Waals surface area contributed by atoms with Gasteiger partial charge in [-0.2, -0.15) is 5.10 Å². The third-order valence-corrected chi connectivity index (χ3v) is 8.16. The molecule has 1 aliphatic rings. The molecular formula is C26H32FN5O2S2. The van der Waals surface area contributed by atoms with Gasteiger partial charge in [0.15, 0.2) is 0 Å². The minimum absolute atomic E-state index is 0.137. The Morgan fingerprint density at radius 1 is 1.25 bits per heavy atom. The summed E-state index contributed by atoms with van der Waals surface area (Å²) in [4.78, 5) is 31.1. The van der Waals surface area contributed by atoms with Gasteiger partial charge in [-0.1, -0.05) is 32.9 Å². The van der Waals surface area contributed by atoms with Crippen LogP contribution in [0.1, 0.15) is 42.2 Å². The van der Waals surface area contributed by atoms with Crippen LogP contribution in [0.15, 0.2) is 41.8 Å². The topological polar surface area (TPSA) is 70.5 Å². The number of anilines is 1. The summed E-state index contributed by atoms with van der Waals surface area (Å²) in [6, 6.07) is 10.2. The smallest absolute Gasteiger partial charge is 0.240 e. The van der Waals surface area contributed by atoms with Gasteiger partial charge < -0.3 is 10.2 Å². The highest BCUT2D eigenvalue weighted by molar-refractivity contribution is 8.00. The maximum absolute atomic E-state index is 14.3. The molecule has 7 nitrogen and oxygen atoms in total. The van der Waals surface area contributed by atoms with Crippen LogP contribution >= 0.6 is 23.1 Å². The van der Waals surface area contributed by atoms with E-state index in [1.165, 1.54) is 17.0 Å². The van der Waals surface area contributed by atoms with Crippen molar-refractivity contribution in [1.82, 2.24) is 20.0 Å². The zero-order valence-electron chi connectivity index (χ0n) is 21.2. The number of rotatable bonds is 7. The number of carbonyl (C=O) groups excluding carboxylic acids is 2. The van der Waals surface area contributed by atoms with E-state index in [0.717, 1.165) is 16.1 Å². The van der Waals surface area contributed by atoms with Crippen molar-refractivity contribution >= 4 is 40.7 Å². The van der Waals surface area contributed by atoms with E-state index in [0.29, 0.717) is 24.6 Å². The highest BCUT2D eigenvalue weighted by atomic mass is 32.2. The van der Waals surface area contributed by atoms with Gasteiger partial charge in [-0.05, 0) is 43.7 Å². The molecule has 0 aliphatic carbocycles. The number of hydrogen-bond donors (Lipinski definition) is 1. The zero-order valence-corrected chi connectivity index (χ0v) is 22.9. The second kappa shape index (κ2) is 10.7. The van der Waals surface area contributed by atoms with Crippen molar-refractivity contribution in [2.24, 2.45) is 0 Å². The van der Waals surface area contributed by atoms with Crippen molar-refractivity contribution < 1.29 is 14.0 Å². The predicted molar refractivity (Wildman–Crippen MR) is 145 cm³/mol. The van der Waals surface area contributed by atoms with Crippen molar-refractivity contribution in [1.29, 1.82) is 0 Å². The van der Waals surface area contributed by atoms with Crippen LogP contribution in [0.3, 0.4) is 0 Å². The Bertz CT molecular complexity index is 1230. The quantitative estimate of drug-likeness (QED) is 0.496. The molecule has 10 heteroatoms. The molecule has 2 aromatic heterocycles. The molecule has 4 rings (SSSR count). The lowest BCUT2D eigenvalue weighted by Crippen LogP contribution is -2.43. The fourth-order valence-electron chi connectivity index (χ4n) is 4.14. The summed E-state index contributed by atoms with van der Waals surface area (Å²) in [5.74, 6) is -0.0800. The van der Waals surface area contributed by atoms with Gasteiger partial charge in [-0.3, -0.25) is 14.5 Å². The zero-order chi connectivity index (χ0) is 26.0. The number of fused-ring (bicyclic) bond motifs is 1. The summed E-state index contributed by atoms with van der Waals surface area (Å²) >= 11 is 3.17. The third kappa shape index (κ3) is 5.66. The molecule has 1 aliphatic heterocycles. The molecule has 36 heavy (non-hydrogen) atoms. The summed E-state index contributed by atoms with van der Waals surface area (Å²) in [5, 5.41) is 9.75. The van der Waals surface area contributed by atoms with Crippen LogP contribution in [0.2, 0.25) is 0 Å². The number of nitrogens with zero attached hydrogens (tertiary/aromatic N) is 4. The van der Waals surface area contributed by atoms with E-state index in [9.17, 15) is 14.0 Å². The molecule has 3 heterocycles. The SMILES string of the molecule is CN(C)CCNC(=O)CN1C(=O)CS[C@@H](c2cccs2)c2c(C(C)(C)C)nn(-c3cccc(F)c3)c21. The molecule has 0 bridgehead atoms. The van der Waals surface area contributed by atoms with Crippen molar-refractivity contribution in [3.8, 4) is 5.69 Å². The standard InChI is InChI=1S/C26H32FN5O2S2/c1-26(2,3)24-22-23(19-10-7-13-35-19)36-16-21(34)31(15-20(33)28-11-12-30(4)5)25(22)32(29-24)18-9-6-8-17(27)14-18/h6-10,13-14,23H,11-12,15-16H2,1-5H3,(H,28,33)/t23-/m0/s1. The van der Waals surface area contributed by atoms with E-state index in [1.807, 2.05) is 30.4 Å². The van der Waals surface area contributed by atoms with Gasteiger partial charge in [0.25, 0.3) is 0 Å². The number of nitrogens with one attached hydrogen (secondary N) is 1. The summed E-state index contributed by atoms with van der Waals surface area (Å²) in [6.45, 7) is 7.26. The largest absolute Gasteiger partial charge is 0.353 e. The molecule has 0 saturated carbocycles. The molecule has 2 amide bonds. The Morgan fingerprint density at radius 3 is 2.67 bits per heavy atom. The Hall–Kier alpha value is -2.69. The molecule has 1 atom stereocenters. The first kappa shape index (κ1) is 26.4. The van der Waals surface area contributed by atoms with Gasteiger partial charge in [-0.25, -0.2) is 9.07 Å². The maximum atomic E-state index is 14.3. The average Bonchev–Trinajstić information content (AvgIpc) is 3.43. The van der Waals surface area contributed by atoms with E-state index >= 15 is 0 Å². The van der Waals surface area contributed by atoms with Gasteiger partial charge >= 0.3 is 0 Å². The fraction of sp³-hybridized carbons (Fsp3) is 0.423. The minimum Gasteiger partial charge on any atom is -0.353 e. The first-order valence-corrected chi connectivity index (χ1v) is 13.7. The maximum Gasteiger partial charge on any atom is 0.240 e. The van der Waals surface area contributed by atoms with Crippen LogP contribution in [-0.4, -0.2) is 66.0 Å². The molecule has 0 saturated heterocycles. The molecule has 0 spiro atoms. The van der Waals surface area contributed by atoms with Gasteiger partial charge in [0.05, 0.1) is 22.4 Å². The molecule has 192 valence electrons. The summed E-state index contributed by atoms with van der Waals surface area (Å²) in [7, 11) is 3.87. The second-order valence-electron chi connectivity index (χ2n) is 10.1. The van der Waals surface area contributed by atoms with Crippen LogP contribution in [0, 0.1) is 5.82 Å². The Labute approximate surface area is 219 Å². The monoisotopic (exact) mass is 529 g/mol. The normalized spacial score (nSPS) is 16.2. The van der Waals surface area contributed by atoms with Crippen molar-refractivity contribution in [2.75, 3.05) is 44.4 Å². The van der Waals surface area contributed by atoms with E-state index < -0.39 is 5.82 Å². The van der Waals surface area contributed by atoms with Crippen LogP contribution < -0.4 is 10.2 Å². The van der Waals surface area contributed by atoms with E-state index in [4.69, 9.17) is 5.10 Å². The summed E-state index contributed by atoms with van der Waals surface area (Å²) in [6.07, 6.45) is 0. The molecule has 0 unspecified atom stereocenters. The summed E-state index contributed by atoms with van der Waals surface area (Å²) < 4.78 is 15.9. The molecule has 1 aromatic carbocycles. The number of benzene rings is 1. The first-order valence-electron chi connectivity index (χ1n) is 11.8.